The Morgan fingerprint density at radius 3 is 2.37 bits per heavy atom. The maximum atomic E-state index is 13.9. The van der Waals surface area contributed by atoms with Crippen molar-refractivity contribution in [2.45, 2.75) is 44.6 Å². The van der Waals surface area contributed by atoms with Crippen LogP contribution >= 0.6 is 7.60 Å². The number of carbonyl (C=O) groups is 1. The normalized spacial score (nSPS) is 13.8. The van der Waals surface area contributed by atoms with E-state index in [9.17, 15) is 32.3 Å². The third kappa shape index (κ3) is 5.60. The van der Waals surface area contributed by atoms with Crippen LogP contribution in [0.5, 0.6) is 5.75 Å². The van der Waals surface area contributed by atoms with Crippen LogP contribution in [0.15, 0.2) is 42.6 Å². The third-order valence-corrected chi connectivity index (χ3v) is 9.19. The van der Waals surface area contributed by atoms with Crippen LogP contribution in [0.2, 0.25) is 0 Å². The number of alkyl halides is 3. The molecule has 41 heavy (non-hydrogen) atoms. The first-order valence-electron chi connectivity index (χ1n) is 12.5. The maximum Gasteiger partial charge on any atom is 0.421 e. The molecule has 3 aromatic rings. The highest BCUT2D eigenvalue weighted by Gasteiger charge is 2.45. The number of benzene rings is 2. The zero-order valence-electron chi connectivity index (χ0n) is 22.6. The summed E-state index contributed by atoms with van der Waals surface area (Å²) in [5, 5.41) is 5.10. The molecule has 0 spiro atoms. The monoisotopic (exact) mass is 595 g/mol. The summed E-state index contributed by atoms with van der Waals surface area (Å²) >= 11 is 0. The van der Waals surface area contributed by atoms with E-state index in [1.165, 1.54) is 38.5 Å². The van der Waals surface area contributed by atoms with E-state index in [0.29, 0.717) is 17.3 Å². The lowest BCUT2D eigenvalue weighted by molar-refractivity contribution is -0.137. The quantitative estimate of drug-likeness (QED) is 0.215. The Labute approximate surface area is 233 Å². The molecule has 2 heterocycles. The molecule has 1 aromatic heterocycles. The molecule has 1 amide bonds. The summed E-state index contributed by atoms with van der Waals surface area (Å²) in [7, 11) is -1.91. The molecule has 15 heteroatoms. The van der Waals surface area contributed by atoms with E-state index in [1.807, 2.05) is 0 Å². The lowest BCUT2D eigenvalue weighted by atomic mass is 9.92. The Kier molecular flexibility index (Phi) is 8.33. The van der Waals surface area contributed by atoms with Gasteiger partial charge in [-0.25, -0.2) is 10.0 Å². The summed E-state index contributed by atoms with van der Waals surface area (Å²) in [6.45, 7) is 3.49. The van der Waals surface area contributed by atoms with E-state index in [4.69, 9.17) is 9.57 Å². The minimum Gasteiger partial charge on any atom is -0.495 e. The van der Waals surface area contributed by atoms with Crippen LogP contribution in [0, 0.1) is 0 Å². The second kappa shape index (κ2) is 11.3. The maximum absolute atomic E-state index is 13.9. The fraction of sp³-hybridized carbons (Fsp3) is 0.346. The number of hydroxylamine groups is 2. The minimum atomic E-state index is -4.81. The second-order valence-corrected chi connectivity index (χ2v) is 11.2. The summed E-state index contributed by atoms with van der Waals surface area (Å²) in [6.07, 6.45) is -3.88. The third-order valence-electron chi connectivity index (χ3n) is 7.19. The molecule has 0 radical (unpaired) electrons. The molecule has 1 aliphatic heterocycles. The van der Waals surface area contributed by atoms with Crippen molar-refractivity contribution in [3.05, 3.63) is 64.8 Å². The first-order chi connectivity index (χ1) is 19.3. The first kappa shape index (κ1) is 30.3. The van der Waals surface area contributed by atoms with Gasteiger partial charge in [-0.15, -0.1) is 0 Å². The van der Waals surface area contributed by atoms with Crippen molar-refractivity contribution in [2.75, 3.05) is 24.9 Å². The van der Waals surface area contributed by atoms with Crippen molar-refractivity contribution in [1.82, 2.24) is 15.0 Å². The SMILES string of the molecule is CCC(CC)(c1ccc(Nc2ncc(C(F)(F)F)c(Nc3cccc4c3C(=O)N(OC)C4)n2)c(OC)c1)P(=O)(O)O. The summed E-state index contributed by atoms with van der Waals surface area (Å²) in [6, 6.07) is 9.20. The number of nitrogens with zero attached hydrogens (tertiary/aromatic N) is 3. The Morgan fingerprint density at radius 2 is 1.78 bits per heavy atom. The van der Waals surface area contributed by atoms with Crippen molar-refractivity contribution in [2.24, 2.45) is 0 Å². The van der Waals surface area contributed by atoms with Gasteiger partial charge >= 0.3 is 13.8 Å². The molecule has 2 aromatic carbocycles. The molecule has 11 nitrogen and oxygen atoms in total. The lowest BCUT2D eigenvalue weighted by Crippen LogP contribution is -2.24. The van der Waals surface area contributed by atoms with Gasteiger partial charge in [0.1, 0.15) is 17.1 Å². The summed E-state index contributed by atoms with van der Waals surface area (Å²) in [5.74, 6) is -1.16. The van der Waals surface area contributed by atoms with Crippen LogP contribution in [0.1, 0.15) is 53.7 Å². The molecule has 0 unspecified atom stereocenters. The molecule has 0 bridgehead atoms. The smallest absolute Gasteiger partial charge is 0.421 e. The van der Waals surface area contributed by atoms with Gasteiger partial charge < -0.3 is 25.2 Å². The number of hydrogen-bond donors (Lipinski definition) is 4. The molecule has 220 valence electrons. The predicted octanol–water partition coefficient (Wildman–Crippen LogP) is 5.70. The van der Waals surface area contributed by atoms with Crippen LogP contribution < -0.4 is 15.4 Å². The standard InChI is InChI=1S/C26H29F3N5O6P/c1-5-25(6-2,41(36,37)38)16-10-11-18(20(12-16)39-3)32-24-30-13-17(26(27,28)29)22(33-24)31-19-9-7-8-15-14-34(40-4)23(35)21(15)19/h7-13H,5-6,14H2,1-4H3,(H2,36,37,38)(H2,30,31,32,33). The number of aromatic nitrogens is 2. The number of amides is 1. The van der Waals surface area contributed by atoms with Gasteiger partial charge in [-0.05, 0) is 42.2 Å². The van der Waals surface area contributed by atoms with Crippen LogP contribution in [0.25, 0.3) is 0 Å². The van der Waals surface area contributed by atoms with Crippen molar-refractivity contribution < 1.29 is 41.9 Å². The topological polar surface area (TPSA) is 146 Å². The predicted molar refractivity (Wildman–Crippen MR) is 144 cm³/mol. The molecule has 0 atom stereocenters. The van der Waals surface area contributed by atoms with Crippen LogP contribution in [-0.2, 0) is 27.3 Å². The van der Waals surface area contributed by atoms with Gasteiger partial charge in [-0.2, -0.15) is 18.2 Å². The Hall–Kier alpha value is -3.71. The van der Waals surface area contributed by atoms with E-state index in [0.717, 1.165) is 5.06 Å². The first-order valence-corrected chi connectivity index (χ1v) is 14.1. The minimum absolute atomic E-state index is 0.108. The molecule has 0 fully saturated rings. The average Bonchev–Trinajstić information content (AvgIpc) is 3.25. The van der Waals surface area contributed by atoms with Gasteiger partial charge in [0.15, 0.2) is 0 Å². The molecule has 4 rings (SSSR count). The summed E-state index contributed by atoms with van der Waals surface area (Å²) in [4.78, 5) is 45.8. The van der Waals surface area contributed by atoms with Crippen LogP contribution in [-0.4, -0.2) is 44.9 Å². The fourth-order valence-electron chi connectivity index (χ4n) is 4.90. The average molecular weight is 596 g/mol. The number of fused-ring (bicyclic) bond motifs is 1. The highest BCUT2D eigenvalue weighted by atomic mass is 31.2. The molecular formula is C26H29F3N5O6P. The zero-order valence-corrected chi connectivity index (χ0v) is 23.5. The van der Waals surface area contributed by atoms with Crippen molar-refractivity contribution in [3.8, 4) is 5.75 Å². The Bertz CT molecular complexity index is 1510. The Morgan fingerprint density at radius 1 is 1.07 bits per heavy atom. The zero-order chi connectivity index (χ0) is 30.2. The number of ether oxygens (including phenoxy) is 1. The van der Waals surface area contributed by atoms with Crippen LogP contribution in [0.4, 0.5) is 36.3 Å². The molecule has 1 aliphatic rings. The summed E-state index contributed by atoms with van der Waals surface area (Å²) in [5.41, 5.74) is 0.278. The van der Waals surface area contributed by atoms with Gasteiger partial charge in [0, 0.05) is 6.20 Å². The number of nitrogens with one attached hydrogen (secondary N) is 2. The highest BCUT2D eigenvalue weighted by molar-refractivity contribution is 7.53. The van der Waals surface area contributed by atoms with Crippen molar-refractivity contribution in [1.29, 1.82) is 0 Å². The molecule has 0 aliphatic carbocycles. The van der Waals surface area contributed by atoms with Gasteiger partial charge in [-0.1, -0.05) is 32.0 Å². The van der Waals surface area contributed by atoms with E-state index < -0.39 is 36.2 Å². The lowest BCUT2D eigenvalue weighted by Gasteiger charge is -2.33. The fourth-order valence-corrected chi connectivity index (χ4v) is 6.20. The van der Waals surface area contributed by atoms with Crippen LogP contribution in [0.3, 0.4) is 0 Å². The van der Waals surface area contributed by atoms with E-state index in [2.05, 4.69) is 20.6 Å². The number of carbonyl (C=O) groups excluding carboxylic acids is 1. The molecule has 0 saturated carbocycles. The number of anilines is 4. The highest BCUT2D eigenvalue weighted by Crippen LogP contribution is 2.61. The second-order valence-electron chi connectivity index (χ2n) is 9.27. The number of hydrogen-bond acceptors (Lipinski definition) is 8. The van der Waals surface area contributed by atoms with E-state index in [-0.39, 0.29) is 48.0 Å². The molecule has 4 N–H and O–H groups in total. The molecular weight excluding hydrogens is 566 g/mol. The number of halogens is 3. The van der Waals surface area contributed by atoms with Gasteiger partial charge in [-0.3, -0.25) is 14.2 Å². The van der Waals surface area contributed by atoms with E-state index >= 15 is 0 Å². The van der Waals surface area contributed by atoms with E-state index in [1.54, 1.807) is 26.0 Å². The summed E-state index contributed by atoms with van der Waals surface area (Å²) < 4.78 is 59.5. The van der Waals surface area contributed by atoms with Gasteiger partial charge in [0.05, 0.1) is 42.9 Å². The molecule has 0 saturated heterocycles. The Balaban J connectivity index is 1.73. The van der Waals surface area contributed by atoms with Gasteiger partial charge in [0.25, 0.3) is 5.91 Å². The number of methoxy groups -OCH3 is 1. The van der Waals surface area contributed by atoms with Crippen molar-refractivity contribution in [3.63, 3.8) is 0 Å². The van der Waals surface area contributed by atoms with Crippen molar-refractivity contribution >= 4 is 36.6 Å². The largest absolute Gasteiger partial charge is 0.495 e. The number of rotatable bonds is 10. The van der Waals surface area contributed by atoms with Gasteiger partial charge in [0.2, 0.25) is 5.95 Å².